The third-order valence-corrected chi connectivity index (χ3v) is 2.91. The number of hydrogen-bond donors (Lipinski definition) is 3. The Bertz CT molecular complexity index is 193. The van der Waals surface area contributed by atoms with Gasteiger partial charge in [0.05, 0.1) is 18.6 Å². The molecule has 0 radical (unpaired) electrons. The zero-order chi connectivity index (χ0) is 10.6. The summed E-state index contributed by atoms with van der Waals surface area (Å²) < 4.78 is 0. The number of hydrogen-bond acceptors (Lipinski definition) is 3. The van der Waals surface area contributed by atoms with E-state index in [1.807, 2.05) is 6.92 Å². The highest BCUT2D eigenvalue weighted by atomic mass is 16.3. The van der Waals surface area contributed by atoms with E-state index in [4.69, 9.17) is 5.11 Å². The predicted octanol–water partition coefficient (Wildman–Crippen LogP) is -0.271. The van der Waals surface area contributed by atoms with Crippen LogP contribution in [0.3, 0.4) is 0 Å². The van der Waals surface area contributed by atoms with Crippen LogP contribution in [0.15, 0.2) is 0 Å². The van der Waals surface area contributed by atoms with E-state index >= 15 is 0 Å². The fraction of sp³-hybridized carbons (Fsp3) is 0.900. The number of carbonyl (C=O) groups is 1. The Morgan fingerprint density at radius 1 is 1.64 bits per heavy atom. The van der Waals surface area contributed by atoms with Crippen LogP contribution in [-0.4, -0.2) is 36.8 Å². The van der Waals surface area contributed by atoms with Gasteiger partial charge in [-0.05, 0) is 18.9 Å². The lowest BCUT2D eigenvalue weighted by Gasteiger charge is -2.19. The van der Waals surface area contributed by atoms with Gasteiger partial charge in [-0.3, -0.25) is 4.79 Å². The molecule has 0 aromatic rings. The SMILES string of the molecule is CC[C@H](CO)NC(=O)[C@@H]1CNC[C@H]1C. The molecule has 14 heavy (non-hydrogen) atoms. The van der Waals surface area contributed by atoms with Crippen molar-refractivity contribution in [2.24, 2.45) is 11.8 Å². The van der Waals surface area contributed by atoms with E-state index in [1.54, 1.807) is 0 Å². The summed E-state index contributed by atoms with van der Waals surface area (Å²) in [5.41, 5.74) is 0. The number of carbonyl (C=O) groups excluding carboxylic acids is 1. The first-order valence-corrected chi connectivity index (χ1v) is 5.31. The summed E-state index contributed by atoms with van der Waals surface area (Å²) in [6.07, 6.45) is 0.775. The summed E-state index contributed by atoms with van der Waals surface area (Å²) >= 11 is 0. The van der Waals surface area contributed by atoms with E-state index in [-0.39, 0.29) is 24.5 Å². The maximum absolute atomic E-state index is 11.7. The fourth-order valence-electron chi connectivity index (χ4n) is 1.75. The molecule has 0 spiro atoms. The maximum Gasteiger partial charge on any atom is 0.225 e. The molecule has 82 valence electrons. The molecule has 1 heterocycles. The summed E-state index contributed by atoms with van der Waals surface area (Å²) in [5, 5.41) is 15.0. The highest BCUT2D eigenvalue weighted by Gasteiger charge is 2.30. The van der Waals surface area contributed by atoms with Gasteiger partial charge >= 0.3 is 0 Å². The minimum Gasteiger partial charge on any atom is -0.394 e. The van der Waals surface area contributed by atoms with Crippen LogP contribution in [0.25, 0.3) is 0 Å². The zero-order valence-electron chi connectivity index (χ0n) is 8.92. The normalized spacial score (nSPS) is 28.8. The minimum absolute atomic E-state index is 0.0246. The van der Waals surface area contributed by atoms with Gasteiger partial charge in [0.25, 0.3) is 0 Å². The zero-order valence-corrected chi connectivity index (χ0v) is 8.92. The smallest absolute Gasteiger partial charge is 0.225 e. The van der Waals surface area contributed by atoms with Gasteiger partial charge in [-0.25, -0.2) is 0 Å². The molecule has 4 heteroatoms. The molecule has 3 N–H and O–H groups in total. The highest BCUT2D eigenvalue weighted by Crippen LogP contribution is 2.15. The second-order valence-electron chi connectivity index (χ2n) is 4.04. The van der Waals surface area contributed by atoms with E-state index < -0.39 is 0 Å². The quantitative estimate of drug-likeness (QED) is 0.585. The summed E-state index contributed by atoms with van der Waals surface area (Å²) in [5.74, 6) is 0.533. The van der Waals surface area contributed by atoms with E-state index in [9.17, 15) is 4.79 Å². The van der Waals surface area contributed by atoms with Crippen molar-refractivity contribution in [3.8, 4) is 0 Å². The topological polar surface area (TPSA) is 61.4 Å². The Hall–Kier alpha value is -0.610. The van der Waals surface area contributed by atoms with Crippen LogP contribution >= 0.6 is 0 Å². The molecule has 0 bridgehead atoms. The average Bonchev–Trinajstić information content (AvgIpc) is 2.60. The summed E-state index contributed by atoms with van der Waals surface area (Å²) in [6, 6.07) is -0.0877. The molecule has 0 aromatic carbocycles. The van der Waals surface area contributed by atoms with Crippen LogP contribution < -0.4 is 10.6 Å². The van der Waals surface area contributed by atoms with E-state index in [1.165, 1.54) is 0 Å². The molecule has 3 atom stereocenters. The first-order chi connectivity index (χ1) is 6.69. The molecule has 1 rings (SSSR count). The molecule has 0 aliphatic carbocycles. The molecule has 0 saturated carbocycles. The van der Waals surface area contributed by atoms with Crippen LogP contribution in [0, 0.1) is 11.8 Å². The van der Waals surface area contributed by atoms with Crippen molar-refractivity contribution in [3.05, 3.63) is 0 Å². The Morgan fingerprint density at radius 3 is 2.79 bits per heavy atom. The number of aliphatic hydroxyl groups is 1. The van der Waals surface area contributed by atoms with Crippen molar-refractivity contribution >= 4 is 5.91 Å². The van der Waals surface area contributed by atoms with Crippen LogP contribution in [0.5, 0.6) is 0 Å². The molecular formula is C10H20N2O2. The van der Waals surface area contributed by atoms with Crippen LogP contribution in [-0.2, 0) is 4.79 Å². The lowest BCUT2D eigenvalue weighted by Crippen LogP contribution is -2.42. The molecule has 1 aliphatic rings. The lowest BCUT2D eigenvalue weighted by atomic mass is 9.97. The molecule has 1 fully saturated rings. The predicted molar refractivity (Wildman–Crippen MR) is 54.8 cm³/mol. The van der Waals surface area contributed by atoms with Gasteiger partial charge in [-0.2, -0.15) is 0 Å². The molecule has 0 aromatic heterocycles. The summed E-state index contributed by atoms with van der Waals surface area (Å²) in [6.45, 7) is 5.72. The third kappa shape index (κ3) is 2.69. The number of rotatable bonds is 4. The highest BCUT2D eigenvalue weighted by molar-refractivity contribution is 5.79. The van der Waals surface area contributed by atoms with Crippen molar-refractivity contribution in [2.45, 2.75) is 26.3 Å². The first-order valence-electron chi connectivity index (χ1n) is 5.31. The second-order valence-corrected chi connectivity index (χ2v) is 4.04. The lowest BCUT2D eigenvalue weighted by molar-refractivity contribution is -0.126. The molecule has 4 nitrogen and oxygen atoms in total. The average molecular weight is 200 g/mol. The summed E-state index contributed by atoms with van der Waals surface area (Å²) in [4.78, 5) is 11.7. The largest absolute Gasteiger partial charge is 0.394 e. The van der Waals surface area contributed by atoms with Gasteiger partial charge in [-0.15, -0.1) is 0 Å². The molecule has 1 aliphatic heterocycles. The molecular weight excluding hydrogens is 180 g/mol. The van der Waals surface area contributed by atoms with Crippen molar-refractivity contribution in [1.29, 1.82) is 0 Å². The fourth-order valence-corrected chi connectivity index (χ4v) is 1.75. The first kappa shape index (κ1) is 11.5. The van der Waals surface area contributed by atoms with Crippen LogP contribution in [0.4, 0.5) is 0 Å². The Kier molecular flexibility index (Phi) is 4.35. The van der Waals surface area contributed by atoms with E-state index in [2.05, 4.69) is 17.6 Å². The Balaban J connectivity index is 2.40. The summed E-state index contributed by atoms with van der Waals surface area (Å²) in [7, 11) is 0. The number of amides is 1. The van der Waals surface area contributed by atoms with Gasteiger partial charge in [0.15, 0.2) is 0 Å². The number of aliphatic hydroxyl groups excluding tert-OH is 1. The molecule has 0 unspecified atom stereocenters. The molecule has 1 saturated heterocycles. The minimum atomic E-state index is -0.0877. The van der Waals surface area contributed by atoms with Crippen molar-refractivity contribution in [1.82, 2.24) is 10.6 Å². The second kappa shape index (κ2) is 5.32. The third-order valence-electron chi connectivity index (χ3n) is 2.91. The van der Waals surface area contributed by atoms with Crippen molar-refractivity contribution in [3.63, 3.8) is 0 Å². The van der Waals surface area contributed by atoms with Crippen LogP contribution in [0.2, 0.25) is 0 Å². The van der Waals surface area contributed by atoms with Gasteiger partial charge in [0.2, 0.25) is 5.91 Å². The Morgan fingerprint density at radius 2 is 2.36 bits per heavy atom. The van der Waals surface area contributed by atoms with Crippen molar-refractivity contribution < 1.29 is 9.90 Å². The van der Waals surface area contributed by atoms with Gasteiger partial charge < -0.3 is 15.7 Å². The van der Waals surface area contributed by atoms with Crippen LogP contribution in [0.1, 0.15) is 20.3 Å². The van der Waals surface area contributed by atoms with Gasteiger partial charge in [0, 0.05) is 6.54 Å². The molecule has 1 amide bonds. The standard InChI is InChI=1S/C10H20N2O2/c1-3-8(6-13)12-10(14)9-5-11-4-7(9)2/h7-9,11,13H,3-6H2,1-2H3,(H,12,14)/t7-,8-,9-/m1/s1. The number of nitrogens with one attached hydrogen (secondary N) is 2. The maximum atomic E-state index is 11.7. The van der Waals surface area contributed by atoms with E-state index in [0.717, 1.165) is 19.5 Å². The van der Waals surface area contributed by atoms with Crippen molar-refractivity contribution in [2.75, 3.05) is 19.7 Å². The van der Waals surface area contributed by atoms with Gasteiger partial charge in [0.1, 0.15) is 0 Å². The Labute approximate surface area is 85.1 Å². The van der Waals surface area contributed by atoms with E-state index in [0.29, 0.717) is 5.92 Å². The monoisotopic (exact) mass is 200 g/mol. The van der Waals surface area contributed by atoms with Gasteiger partial charge in [-0.1, -0.05) is 13.8 Å².